The largest absolute Gasteiger partial charge is 0.339 e. The molecule has 0 bridgehead atoms. The first-order chi connectivity index (χ1) is 7.86. The van der Waals surface area contributed by atoms with Crippen LogP contribution in [0.1, 0.15) is 20.8 Å². The molecular weight excluding hydrogens is 214 g/mol. The number of nitrogens with zero attached hydrogens (tertiary/aromatic N) is 2. The maximum absolute atomic E-state index is 12.2. The smallest absolute Gasteiger partial charge is 0.240 e. The van der Waals surface area contributed by atoms with Crippen LogP contribution in [-0.4, -0.2) is 54.5 Å². The molecule has 1 aliphatic rings. The quantitative estimate of drug-likeness (QED) is 0.695. The summed E-state index contributed by atoms with van der Waals surface area (Å²) in [4.78, 5) is 16.2. The summed E-state index contributed by atoms with van der Waals surface area (Å²) in [5.74, 6) is 2.68. The van der Waals surface area contributed by atoms with Crippen LogP contribution in [0.2, 0.25) is 0 Å². The lowest BCUT2D eigenvalue weighted by atomic mass is 9.86. The highest BCUT2D eigenvalue weighted by atomic mass is 16.2. The Kier molecular flexibility index (Phi) is 4.55. The fourth-order valence-electron chi connectivity index (χ4n) is 1.82. The zero-order chi connectivity index (χ0) is 13.1. The summed E-state index contributed by atoms with van der Waals surface area (Å²) in [7, 11) is 0. The van der Waals surface area contributed by atoms with Crippen LogP contribution in [0.15, 0.2) is 0 Å². The summed E-state index contributed by atoms with van der Waals surface area (Å²) < 4.78 is 0. The molecule has 1 amide bonds. The van der Waals surface area contributed by atoms with E-state index in [1.165, 1.54) is 0 Å². The number of terminal acetylenes is 1. The Morgan fingerprint density at radius 2 is 1.88 bits per heavy atom. The SMILES string of the molecule is C#CCN1CCN(C(=O)[C@H](N)C(C)(C)C)CC1. The molecule has 1 rings (SSSR count). The highest BCUT2D eigenvalue weighted by Gasteiger charge is 2.32. The average Bonchev–Trinajstić information content (AvgIpc) is 2.27. The summed E-state index contributed by atoms with van der Waals surface area (Å²) >= 11 is 0. The summed E-state index contributed by atoms with van der Waals surface area (Å²) in [6, 6.07) is -0.429. The van der Waals surface area contributed by atoms with E-state index in [2.05, 4.69) is 10.8 Å². The van der Waals surface area contributed by atoms with E-state index in [9.17, 15) is 4.79 Å². The zero-order valence-corrected chi connectivity index (χ0v) is 11.1. The van der Waals surface area contributed by atoms with Gasteiger partial charge in [-0.25, -0.2) is 0 Å². The molecule has 4 nitrogen and oxygen atoms in total. The van der Waals surface area contributed by atoms with E-state index in [1.807, 2.05) is 25.7 Å². The third-order valence-electron chi connectivity index (χ3n) is 3.20. The van der Waals surface area contributed by atoms with Gasteiger partial charge in [0.15, 0.2) is 0 Å². The Morgan fingerprint density at radius 1 is 1.35 bits per heavy atom. The summed E-state index contributed by atoms with van der Waals surface area (Å²) in [5.41, 5.74) is 5.79. The van der Waals surface area contributed by atoms with E-state index in [4.69, 9.17) is 12.2 Å². The van der Waals surface area contributed by atoms with E-state index in [0.717, 1.165) is 26.2 Å². The molecule has 1 fully saturated rings. The van der Waals surface area contributed by atoms with Crippen molar-refractivity contribution >= 4 is 5.91 Å². The van der Waals surface area contributed by atoms with Gasteiger partial charge in [0.25, 0.3) is 0 Å². The number of nitrogens with two attached hydrogens (primary N) is 1. The first kappa shape index (κ1) is 14.0. The molecular formula is C13H23N3O. The Bertz CT molecular complexity index is 306. The summed E-state index contributed by atoms with van der Waals surface area (Å²) in [6.07, 6.45) is 5.27. The van der Waals surface area contributed by atoms with Crippen molar-refractivity contribution < 1.29 is 4.79 Å². The number of rotatable bonds is 2. The number of amides is 1. The van der Waals surface area contributed by atoms with Crippen molar-refractivity contribution in [2.45, 2.75) is 26.8 Å². The van der Waals surface area contributed by atoms with Crippen LogP contribution in [0.25, 0.3) is 0 Å². The standard InChI is InChI=1S/C13H23N3O/c1-5-6-15-7-9-16(10-8-15)12(17)11(14)13(2,3)4/h1,11H,6-10,14H2,2-4H3/t11-/m0/s1. The molecule has 0 aromatic carbocycles. The van der Waals surface area contributed by atoms with Gasteiger partial charge in [-0.05, 0) is 5.41 Å². The maximum Gasteiger partial charge on any atom is 0.240 e. The number of hydrogen-bond acceptors (Lipinski definition) is 3. The van der Waals surface area contributed by atoms with Crippen LogP contribution in [0.4, 0.5) is 0 Å². The van der Waals surface area contributed by atoms with Gasteiger partial charge in [0.2, 0.25) is 5.91 Å². The van der Waals surface area contributed by atoms with Gasteiger partial charge in [-0.15, -0.1) is 6.42 Å². The van der Waals surface area contributed by atoms with Gasteiger partial charge >= 0.3 is 0 Å². The van der Waals surface area contributed by atoms with Crippen molar-refractivity contribution in [2.24, 2.45) is 11.1 Å². The fourth-order valence-corrected chi connectivity index (χ4v) is 1.82. The maximum atomic E-state index is 12.2. The molecule has 0 aromatic heterocycles. The van der Waals surface area contributed by atoms with Crippen molar-refractivity contribution in [1.82, 2.24) is 9.80 Å². The van der Waals surface area contributed by atoms with Crippen LogP contribution in [0, 0.1) is 17.8 Å². The molecule has 96 valence electrons. The van der Waals surface area contributed by atoms with Gasteiger partial charge in [0.05, 0.1) is 12.6 Å². The Morgan fingerprint density at radius 3 is 2.29 bits per heavy atom. The monoisotopic (exact) mass is 237 g/mol. The number of piperazine rings is 1. The van der Waals surface area contributed by atoms with Crippen LogP contribution < -0.4 is 5.73 Å². The second-order valence-corrected chi connectivity index (χ2v) is 5.65. The van der Waals surface area contributed by atoms with Gasteiger partial charge in [0.1, 0.15) is 0 Å². The minimum absolute atomic E-state index is 0.0536. The minimum Gasteiger partial charge on any atom is -0.339 e. The Hall–Kier alpha value is -1.05. The normalized spacial score (nSPS) is 19.8. The van der Waals surface area contributed by atoms with Crippen LogP contribution in [-0.2, 0) is 4.79 Å². The van der Waals surface area contributed by atoms with Gasteiger partial charge in [0, 0.05) is 26.2 Å². The highest BCUT2D eigenvalue weighted by molar-refractivity contribution is 5.82. The molecule has 0 spiro atoms. The van der Waals surface area contributed by atoms with Crippen molar-refractivity contribution in [3.8, 4) is 12.3 Å². The van der Waals surface area contributed by atoms with E-state index in [-0.39, 0.29) is 11.3 Å². The number of carbonyl (C=O) groups excluding carboxylic acids is 1. The van der Waals surface area contributed by atoms with E-state index >= 15 is 0 Å². The molecule has 4 heteroatoms. The van der Waals surface area contributed by atoms with E-state index in [1.54, 1.807) is 0 Å². The van der Waals surface area contributed by atoms with Crippen LogP contribution in [0.5, 0.6) is 0 Å². The Labute approximate surface area is 104 Å². The molecule has 17 heavy (non-hydrogen) atoms. The number of hydrogen-bond donors (Lipinski definition) is 1. The van der Waals surface area contributed by atoms with Gasteiger partial charge in [-0.1, -0.05) is 26.7 Å². The highest BCUT2D eigenvalue weighted by Crippen LogP contribution is 2.19. The zero-order valence-electron chi connectivity index (χ0n) is 11.1. The predicted octanol–water partition coefficient (Wildman–Crippen LogP) is 0.137. The lowest BCUT2D eigenvalue weighted by molar-refractivity contribution is -0.136. The van der Waals surface area contributed by atoms with Crippen LogP contribution in [0.3, 0.4) is 0 Å². The molecule has 0 aromatic rings. The van der Waals surface area contributed by atoms with E-state index < -0.39 is 6.04 Å². The van der Waals surface area contributed by atoms with Gasteiger partial charge in [-0.2, -0.15) is 0 Å². The van der Waals surface area contributed by atoms with E-state index in [0.29, 0.717) is 6.54 Å². The fraction of sp³-hybridized carbons (Fsp3) is 0.769. The summed E-state index contributed by atoms with van der Waals surface area (Å²) in [6.45, 7) is 9.76. The molecule has 0 radical (unpaired) electrons. The predicted molar refractivity (Wildman–Crippen MR) is 69.3 cm³/mol. The number of carbonyl (C=O) groups is 1. The topological polar surface area (TPSA) is 49.6 Å². The van der Waals surface area contributed by atoms with Crippen molar-refractivity contribution in [2.75, 3.05) is 32.7 Å². The van der Waals surface area contributed by atoms with Crippen molar-refractivity contribution in [3.05, 3.63) is 0 Å². The molecule has 1 heterocycles. The average molecular weight is 237 g/mol. The third-order valence-corrected chi connectivity index (χ3v) is 3.20. The second kappa shape index (κ2) is 5.52. The van der Waals surface area contributed by atoms with Crippen molar-refractivity contribution in [3.63, 3.8) is 0 Å². The minimum atomic E-state index is -0.429. The first-order valence-corrected chi connectivity index (χ1v) is 6.06. The van der Waals surface area contributed by atoms with Crippen molar-refractivity contribution in [1.29, 1.82) is 0 Å². The molecule has 0 unspecified atom stereocenters. The molecule has 0 saturated carbocycles. The summed E-state index contributed by atoms with van der Waals surface area (Å²) in [5, 5.41) is 0. The molecule has 1 atom stereocenters. The molecule has 0 aliphatic carbocycles. The Balaban J connectivity index is 2.49. The lowest BCUT2D eigenvalue weighted by Gasteiger charge is -2.37. The molecule has 2 N–H and O–H groups in total. The van der Waals surface area contributed by atoms with Gasteiger partial charge in [-0.3, -0.25) is 9.69 Å². The second-order valence-electron chi connectivity index (χ2n) is 5.65. The molecule has 1 saturated heterocycles. The van der Waals surface area contributed by atoms with Gasteiger partial charge < -0.3 is 10.6 Å². The third kappa shape index (κ3) is 3.72. The lowest BCUT2D eigenvalue weighted by Crippen LogP contribution is -2.56. The van der Waals surface area contributed by atoms with Crippen LogP contribution >= 0.6 is 0 Å². The molecule has 1 aliphatic heterocycles. The first-order valence-electron chi connectivity index (χ1n) is 6.06.